The van der Waals surface area contributed by atoms with Crippen molar-refractivity contribution in [1.29, 1.82) is 0 Å². The molecule has 2 aliphatic rings. The van der Waals surface area contributed by atoms with Crippen LogP contribution in [-0.2, 0) is 4.79 Å². The van der Waals surface area contributed by atoms with Crippen molar-refractivity contribution in [3.63, 3.8) is 0 Å². The van der Waals surface area contributed by atoms with Crippen molar-refractivity contribution in [2.75, 3.05) is 4.90 Å². The van der Waals surface area contributed by atoms with Gasteiger partial charge in [-0.1, -0.05) is 60.1 Å². The van der Waals surface area contributed by atoms with Crippen LogP contribution in [0.1, 0.15) is 16.7 Å². The van der Waals surface area contributed by atoms with Gasteiger partial charge < -0.3 is 0 Å². The highest BCUT2D eigenvalue weighted by Crippen LogP contribution is 2.41. The average Bonchev–Trinajstić information content (AvgIpc) is 3.00. The largest absolute Gasteiger partial charge is 0.291 e. The standard InChI is InChI=1S/C21H18ClN3O/c1-14-7-6-8-15(2)19(14)25-20(16-9-4-3-5-10-16)23-24-21(25)12-11-17(26)13-18(21)22/h3-13,24H,1-2H3. The van der Waals surface area contributed by atoms with Crippen molar-refractivity contribution in [1.82, 2.24) is 5.43 Å². The summed E-state index contributed by atoms with van der Waals surface area (Å²) in [4.78, 5) is 13.9. The van der Waals surface area contributed by atoms with Crippen LogP contribution in [0.25, 0.3) is 0 Å². The molecule has 26 heavy (non-hydrogen) atoms. The van der Waals surface area contributed by atoms with Crippen LogP contribution in [0.2, 0.25) is 0 Å². The third-order valence-electron chi connectivity index (χ3n) is 4.71. The van der Waals surface area contributed by atoms with E-state index in [1.165, 1.54) is 12.2 Å². The van der Waals surface area contributed by atoms with Crippen LogP contribution in [0, 0.1) is 13.8 Å². The third kappa shape index (κ3) is 2.45. The zero-order valence-electron chi connectivity index (χ0n) is 14.5. The van der Waals surface area contributed by atoms with Crippen LogP contribution >= 0.6 is 11.6 Å². The van der Waals surface area contributed by atoms with Gasteiger partial charge in [-0.25, -0.2) is 0 Å². The van der Waals surface area contributed by atoms with Crippen LogP contribution in [0.3, 0.4) is 0 Å². The van der Waals surface area contributed by atoms with E-state index < -0.39 is 5.66 Å². The Morgan fingerprint density at radius 2 is 1.73 bits per heavy atom. The van der Waals surface area contributed by atoms with Gasteiger partial charge in [0.2, 0.25) is 0 Å². The Morgan fingerprint density at radius 3 is 2.38 bits per heavy atom. The molecule has 1 atom stereocenters. The lowest BCUT2D eigenvalue weighted by Gasteiger charge is -2.39. The number of nitrogens with one attached hydrogen (secondary N) is 1. The van der Waals surface area contributed by atoms with E-state index in [4.69, 9.17) is 11.6 Å². The molecule has 2 aromatic rings. The summed E-state index contributed by atoms with van der Waals surface area (Å²) < 4.78 is 0. The second-order valence-electron chi connectivity index (χ2n) is 6.48. The first kappa shape index (κ1) is 16.6. The number of ketones is 1. The number of nitrogens with zero attached hydrogens (tertiary/aromatic N) is 2. The summed E-state index contributed by atoms with van der Waals surface area (Å²) in [5.74, 6) is 0.630. The minimum absolute atomic E-state index is 0.128. The topological polar surface area (TPSA) is 44.7 Å². The van der Waals surface area contributed by atoms with Gasteiger partial charge in [-0.05, 0) is 37.1 Å². The lowest BCUT2D eigenvalue weighted by Crippen LogP contribution is -2.55. The normalized spacial score (nSPS) is 21.7. The number of anilines is 1. The number of halogens is 1. The number of amidine groups is 1. The number of aryl methyl sites for hydroxylation is 2. The number of allylic oxidation sites excluding steroid dienone is 2. The fourth-order valence-electron chi connectivity index (χ4n) is 3.46. The van der Waals surface area contributed by atoms with Crippen LogP contribution < -0.4 is 10.3 Å². The molecule has 1 spiro atoms. The van der Waals surface area contributed by atoms with Crippen molar-refractivity contribution in [3.8, 4) is 0 Å². The van der Waals surface area contributed by atoms with Gasteiger partial charge >= 0.3 is 0 Å². The molecule has 1 N–H and O–H groups in total. The number of carbonyl (C=O) groups is 1. The number of carbonyl (C=O) groups excluding carboxylic acids is 1. The molecule has 1 aliphatic heterocycles. The van der Waals surface area contributed by atoms with Gasteiger partial charge in [0, 0.05) is 11.6 Å². The third-order valence-corrected chi connectivity index (χ3v) is 5.11. The molecule has 0 radical (unpaired) electrons. The number of hydrogen-bond acceptors (Lipinski definition) is 4. The Morgan fingerprint density at radius 1 is 1.04 bits per heavy atom. The SMILES string of the molecule is Cc1cccc(C)c1N1C(c2ccccc2)=NNC12C=CC(=O)C=C2Cl. The van der Waals surface area contributed by atoms with Crippen molar-refractivity contribution in [2.24, 2.45) is 5.10 Å². The summed E-state index contributed by atoms with van der Waals surface area (Å²) in [7, 11) is 0. The maximum absolute atomic E-state index is 11.8. The minimum atomic E-state index is -0.905. The van der Waals surface area contributed by atoms with Gasteiger partial charge in [-0.3, -0.25) is 15.1 Å². The predicted molar refractivity (Wildman–Crippen MR) is 105 cm³/mol. The van der Waals surface area contributed by atoms with Gasteiger partial charge in [-0.2, -0.15) is 5.10 Å². The summed E-state index contributed by atoms with van der Waals surface area (Å²) in [5, 5.41) is 4.99. The monoisotopic (exact) mass is 363 g/mol. The summed E-state index contributed by atoms with van der Waals surface area (Å²) >= 11 is 6.59. The Kier molecular flexibility index (Phi) is 3.93. The van der Waals surface area contributed by atoms with Crippen LogP contribution in [0.4, 0.5) is 5.69 Å². The fraction of sp³-hybridized carbons (Fsp3) is 0.143. The Hall–Kier alpha value is -2.85. The molecule has 1 aliphatic carbocycles. The minimum Gasteiger partial charge on any atom is -0.291 e. The van der Waals surface area contributed by atoms with E-state index in [9.17, 15) is 4.79 Å². The molecule has 4 nitrogen and oxygen atoms in total. The van der Waals surface area contributed by atoms with Crippen LogP contribution in [0.15, 0.2) is 76.9 Å². The summed E-state index contributed by atoms with van der Waals surface area (Å²) in [6.45, 7) is 4.12. The van der Waals surface area contributed by atoms with E-state index in [0.717, 1.165) is 28.2 Å². The summed E-state index contributed by atoms with van der Waals surface area (Å²) in [5.41, 5.74) is 6.46. The zero-order chi connectivity index (χ0) is 18.3. The van der Waals surface area contributed by atoms with Gasteiger partial charge in [0.15, 0.2) is 17.3 Å². The molecule has 1 unspecified atom stereocenters. The second-order valence-corrected chi connectivity index (χ2v) is 6.89. The van der Waals surface area contributed by atoms with E-state index in [1.807, 2.05) is 36.4 Å². The lowest BCUT2D eigenvalue weighted by molar-refractivity contribution is -0.110. The van der Waals surface area contributed by atoms with Crippen LogP contribution in [0.5, 0.6) is 0 Å². The van der Waals surface area contributed by atoms with E-state index in [-0.39, 0.29) is 5.78 Å². The number of hydrogen-bond donors (Lipinski definition) is 1. The average molecular weight is 364 g/mol. The molecular weight excluding hydrogens is 346 g/mol. The Bertz CT molecular complexity index is 958. The highest BCUT2D eigenvalue weighted by atomic mass is 35.5. The zero-order valence-corrected chi connectivity index (χ0v) is 15.3. The molecule has 0 fully saturated rings. The van der Waals surface area contributed by atoms with Crippen molar-refractivity contribution >= 4 is 28.9 Å². The number of benzene rings is 2. The number of para-hydroxylation sites is 1. The molecule has 130 valence electrons. The first-order valence-electron chi connectivity index (χ1n) is 8.40. The highest BCUT2D eigenvalue weighted by molar-refractivity contribution is 6.35. The maximum atomic E-state index is 11.8. The molecule has 0 aromatic heterocycles. The number of rotatable bonds is 2. The molecule has 5 heteroatoms. The molecule has 4 rings (SSSR count). The predicted octanol–water partition coefficient (Wildman–Crippen LogP) is 4.03. The van der Waals surface area contributed by atoms with Crippen molar-refractivity contribution < 1.29 is 4.79 Å². The highest BCUT2D eigenvalue weighted by Gasteiger charge is 2.47. The summed E-state index contributed by atoms with van der Waals surface area (Å²) in [6.07, 6.45) is 4.75. The van der Waals surface area contributed by atoms with Gasteiger partial charge in [0.1, 0.15) is 0 Å². The molecule has 0 saturated heterocycles. The fourth-order valence-corrected chi connectivity index (χ4v) is 3.76. The van der Waals surface area contributed by atoms with Crippen LogP contribution in [-0.4, -0.2) is 17.3 Å². The van der Waals surface area contributed by atoms with Crippen molar-refractivity contribution in [3.05, 3.63) is 88.5 Å². The van der Waals surface area contributed by atoms with E-state index in [1.54, 1.807) is 6.08 Å². The molecule has 0 bridgehead atoms. The Balaban J connectivity index is 1.95. The Labute approximate surface area is 157 Å². The molecule has 2 aromatic carbocycles. The maximum Gasteiger partial charge on any atom is 0.188 e. The molecular formula is C21H18ClN3O. The smallest absolute Gasteiger partial charge is 0.188 e. The summed E-state index contributed by atoms with van der Waals surface area (Å²) in [6, 6.07) is 16.1. The molecule has 0 saturated carbocycles. The van der Waals surface area contributed by atoms with E-state index >= 15 is 0 Å². The first-order chi connectivity index (χ1) is 12.5. The van der Waals surface area contributed by atoms with E-state index in [0.29, 0.717) is 5.03 Å². The van der Waals surface area contributed by atoms with Crippen molar-refractivity contribution in [2.45, 2.75) is 19.5 Å². The molecule has 0 amide bonds. The van der Waals surface area contributed by atoms with Gasteiger partial charge in [0.05, 0.1) is 10.7 Å². The molecule has 1 heterocycles. The van der Waals surface area contributed by atoms with Gasteiger partial charge in [0.25, 0.3) is 0 Å². The quantitative estimate of drug-likeness (QED) is 0.876. The second kappa shape index (κ2) is 6.15. The lowest BCUT2D eigenvalue weighted by atomic mass is 9.97. The van der Waals surface area contributed by atoms with E-state index in [2.05, 4.69) is 41.4 Å². The van der Waals surface area contributed by atoms with Gasteiger partial charge in [-0.15, -0.1) is 0 Å². The first-order valence-corrected chi connectivity index (χ1v) is 8.78. The number of hydrazone groups is 1.